The lowest BCUT2D eigenvalue weighted by atomic mass is 9.85. The largest absolute Gasteiger partial charge is 0.342 e. The number of rotatable bonds is 6. The number of likely N-dealkylation sites (tertiary alicyclic amines) is 2. The van der Waals surface area contributed by atoms with Crippen molar-refractivity contribution in [1.82, 2.24) is 14.7 Å². The molecule has 36 heavy (non-hydrogen) atoms. The summed E-state index contributed by atoms with van der Waals surface area (Å²) in [6.45, 7) is 5.58. The van der Waals surface area contributed by atoms with Crippen molar-refractivity contribution >= 4 is 23.4 Å². The number of anilines is 1. The minimum Gasteiger partial charge on any atom is -0.342 e. The fourth-order valence-corrected chi connectivity index (χ4v) is 6.75. The lowest BCUT2D eigenvalue weighted by Gasteiger charge is -2.43. The molecule has 1 aromatic carbocycles. The van der Waals surface area contributed by atoms with Gasteiger partial charge in [-0.25, -0.2) is 0 Å². The first-order chi connectivity index (χ1) is 17.5. The van der Waals surface area contributed by atoms with Gasteiger partial charge in [-0.3, -0.25) is 14.4 Å². The summed E-state index contributed by atoms with van der Waals surface area (Å²) in [6, 6.07) is 10.1. The zero-order valence-corrected chi connectivity index (χ0v) is 21.9. The number of hydrogen-bond donors (Lipinski definition) is 0. The van der Waals surface area contributed by atoms with Crippen molar-refractivity contribution in [3.8, 4) is 0 Å². The van der Waals surface area contributed by atoms with Gasteiger partial charge in [-0.05, 0) is 56.1 Å². The predicted molar refractivity (Wildman–Crippen MR) is 140 cm³/mol. The molecule has 4 fully saturated rings. The van der Waals surface area contributed by atoms with E-state index in [1.165, 1.54) is 25.7 Å². The van der Waals surface area contributed by atoms with Gasteiger partial charge >= 0.3 is 0 Å². The van der Waals surface area contributed by atoms with Crippen molar-refractivity contribution in [2.45, 2.75) is 76.7 Å². The number of nitrogens with zero attached hydrogens (tertiary/aromatic N) is 4. The van der Waals surface area contributed by atoms with Crippen LogP contribution in [0.4, 0.5) is 5.69 Å². The van der Waals surface area contributed by atoms with E-state index in [-0.39, 0.29) is 24.3 Å². The van der Waals surface area contributed by atoms with Crippen LogP contribution in [0.15, 0.2) is 30.3 Å². The van der Waals surface area contributed by atoms with E-state index in [9.17, 15) is 14.4 Å². The van der Waals surface area contributed by atoms with Crippen LogP contribution in [-0.4, -0.2) is 77.4 Å². The molecule has 3 aliphatic heterocycles. The highest BCUT2D eigenvalue weighted by Gasteiger charge is 2.54. The number of para-hydroxylation sites is 1. The third kappa shape index (κ3) is 5.12. The van der Waals surface area contributed by atoms with Gasteiger partial charge in [-0.1, -0.05) is 50.8 Å². The van der Waals surface area contributed by atoms with Gasteiger partial charge in [0.05, 0.1) is 6.67 Å². The summed E-state index contributed by atoms with van der Waals surface area (Å²) in [6.07, 6.45) is 10.1. The van der Waals surface area contributed by atoms with E-state index in [0.717, 1.165) is 38.0 Å². The van der Waals surface area contributed by atoms with E-state index in [1.54, 1.807) is 4.90 Å². The van der Waals surface area contributed by atoms with Crippen LogP contribution in [0.2, 0.25) is 0 Å². The van der Waals surface area contributed by atoms with Gasteiger partial charge < -0.3 is 19.6 Å². The van der Waals surface area contributed by atoms with Gasteiger partial charge in [-0.2, -0.15) is 0 Å². The summed E-state index contributed by atoms with van der Waals surface area (Å²) < 4.78 is 0. The number of benzene rings is 1. The lowest BCUT2D eigenvalue weighted by molar-refractivity contribution is -0.142. The molecule has 7 heteroatoms. The minimum atomic E-state index is -0.680. The maximum absolute atomic E-state index is 13.9. The predicted octanol–water partition coefficient (Wildman–Crippen LogP) is 3.88. The van der Waals surface area contributed by atoms with Gasteiger partial charge in [-0.15, -0.1) is 0 Å². The summed E-state index contributed by atoms with van der Waals surface area (Å²) in [4.78, 5) is 47.8. The SMILES string of the molecule is CC1CCN(C(=O)CN2CN(c3ccccc3)C3(CCN(C(=O)CCC4CCCC4)CC3)C2=O)CC1. The van der Waals surface area contributed by atoms with Crippen LogP contribution in [0.5, 0.6) is 0 Å². The molecule has 3 saturated heterocycles. The van der Waals surface area contributed by atoms with Gasteiger partial charge in [0.1, 0.15) is 12.1 Å². The summed E-state index contributed by atoms with van der Waals surface area (Å²) >= 11 is 0. The molecule has 1 spiro atoms. The Kier molecular flexibility index (Phi) is 7.54. The summed E-state index contributed by atoms with van der Waals surface area (Å²) in [5.41, 5.74) is 0.328. The molecule has 7 nitrogen and oxygen atoms in total. The van der Waals surface area contributed by atoms with Gasteiger partial charge in [0.2, 0.25) is 11.8 Å². The van der Waals surface area contributed by atoms with E-state index in [0.29, 0.717) is 50.9 Å². The average Bonchev–Trinajstić information content (AvgIpc) is 3.52. The summed E-state index contributed by atoms with van der Waals surface area (Å²) in [5.74, 6) is 1.71. The van der Waals surface area contributed by atoms with Crippen LogP contribution in [0.25, 0.3) is 0 Å². The molecule has 0 unspecified atom stereocenters. The zero-order chi connectivity index (χ0) is 25.1. The molecular weight excluding hydrogens is 452 g/mol. The van der Waals surface area contributed by atoms with Crippen molar-refractivity contribution in [1.29, 1.82) is 0 Å². The Morgan fingerprint density at radius 3 is 2.19 bits per heavy atom. The summed E-state index contributed by atoms with van der Waals surface area (Å²) in [5, 5.41) is 0. The second-order valence-electron chi connectivity index (χ2n) is 11.6. The van der Waals surface area contributed by atoms with Crippen LogP contribution >= 0.6 is 0 Å². The molecule has 196 valence electrons. The number of carbonyl (C=O) groups is 3. The molecule has 0 N–H and O–H groups in total. The third-order valence-electron chi connectivity index (χ3n) is 9.23. The van der Waals surface area contributed by atoms with Crippen molar-refractivity contribution in [2.75, 3.05) is 44.3 Å². The van der Waals surface area contributed by atoms with Crippen molar-refractivity contribution in [3.05, 3.63) is 30.3 Å². The number of hydrogen-bond acceptors (Lipinski definition) is 4. The maximum atomic E-state index is 13.9. The van der Waals surface area contributed by atoms with Crippen molar-refractivity contribution < 1.29 is 14.4 Å². The molecular formula is C29H42N4O3. The van der Waals surface area contributed by atoms with Crippen LogP contribution in [0.1, 0.15) is 71.1 Å². The fourth-order valence-electron chi connectivity index (χ4n) is 6.75. The third-order valence-corrected chi connectivity index (χ3v) is 9.23. The van der Waals surface area contributed by atoms with E-state index >= 15 is 0 Å². The molecule has 5 rings (SSSR count). The lowest BCUT2D eigenvalue weighted by Crippen LogP contribution is -2.57. The van der Waals surface area contributed by atoms with Crippen LogP contribution in [0, 0.1) is 11.8 Å². The minimum absolute atomic E-state index is 0.0446. The van der Waals surface area contributed by atoms with Crippen LogP contribution < -0.4 is 4.90 Å². The van der Waals surface area contributed by atoms with Gasteiger partial charge in [0.15, 0.2) is 0 Å². The fraction of sp³-hybridized carbons (Fsp3) is 0.690. The molecule has 1 saturated carbocycles. The molecule has 4 aliphatic rings. The van der Waals surface area contributed by atoms with E-state index < -0.39 is 5.54 Å². The monoisotopic (exact) mass is 494 g/mol. The van der Waals surface area contributed by atoms with Gasteiger partial charge in [0.25, 0.3) is 5.91 Å². The normalized spacial score (nSPS) is 23.2. The highest BCUT2D eigenvalue weighted by Crippen LogP contribution is 2.40. The molecule has 1 aromatic rings. The molecule has 1 aliphatic carbocycles. The smallest absolute Gasteiger partial charge is 0.250 e. The molecule has 3 heterocycles. The average molecular weight is 495 g/mol. The number of carbonyl (C=O) groups excluding carboxylic acids is 3. The highest BCUT2D eigenvalue weighted by molar-refractivity contribution is 5.96. The van der Waals surface area contributed by atoms with Gasteiger partial charge in [0, 0.05) is 38.3 Å². The van der Waals surface area contributed by atoms with E-state index in [2.05, 4.69) is 11.8 Å². The second kappa shape index (κ2) is 10.8. The first-order valence-corrected chi connectivity index (χ1v) is 14.1. The Bertz CT molecular complexity index is 929. The molecule has 0 bridgehead atoms. The first-order valence-electron chi connectivity index (χ1n) is 14.1. The molecule has 0 radical (unpaired) electrons. The number of piperidine rings is 2. The van der Waals surface area contributed by atoms with Crippen molar-refractivity contribution in [3.63, 3.8) is 0 Å². The Morgan fingerprint density at radius 2 is 1.53 bits per heavy atom. The maximum Gasteiger partial charge on any atom is 0.250 e. The van der Waals surface area contributed by atoms with E-state index in [1.807, 2.05) is 40.1 Å². The molecule has 0 aromatic heterocycles. The second-order valence-corrected chi connectivity index (χ2v) is 11.6. The van der Waals surface area contributed by atoms with Crippen LogP contribution in [0.3, 0.4) is 0 Å². The molecule has 3 amide bonds. The first kappa shape index (κ1) is 25.1. The quantitative estimate of drug-likeness (QED) is 0.602. The van der Waals surface area contributed by atoms with E-state index in [4.69, 9.17) is 0 Å². The Labute approximate surface area is 215 Å². The Balaban J connectivity index is 1.26. The Morgan fingerprint density at radius 1 is 0.889 bits per heavy atom. The highest BCUT2D eigenvalue weighted by atomic mass is 16.2. The van der Waals surface area contributed by atoms with Crippen molar-refractivity contribution in [2.24, 2.45) is 11.8 Å². The zero-order valence-electron chi connectivity index (χ0n) is 21.9. The van der Waals surface area contributed by atoms with Crippen LogP contribution in [-0.2, 0) is 14.4 Å². The number of amides is 3. The summed E-state index contributed by atoms with van der Waals surface area (Å²) in [7, 11) is 0. The standard InChI is InChI=1S/C29H42N4O3/c1-23-13-17-30(18-14-23)27(35)21-32-22-33(25-9-3-2-4-10-25)29(28(32)36)15-19-31(20-16-29)26(34)12-11-24-7-5-6-8-24/h2-4,9-10,23-24H,5-8,11-22H2,1H3. The molecule has 0 atom stereocenters. The topological polar surface area (TPSA) is 64.2 Å². The Hall–Kier alpha value is -2.57.